The number of carbonyl (C=O) groups excluding carboxylic acids is 1. The van der Waals surface area contributed by atoms with Crippen molar-refractivity contribution in [2.24, 2.45) is 0 Å². The van der Waals surface area contributed by atoms with E-state index in [9.17, 15) is 4.79 Å². The highest BCUT2D eigenvalue weighted by Gasteiger charge is 2.12. The van der Waals surface area contributed by atoms with Gasteiger partial charge >= 0.3 is 0 Å². The molecule has 0 saturated carbocycles. The molecule has 6 heteroatoms. The average Bonchev–Trinajstić information content (AvgIpc) is 2.67. The summed E-state index contributed by atoms with van der Waals surface area (Å²) in [6, 6.07) is 11.6. The first-order chi connectivity index (χ1) is 13.0. The van der Waals surface area contributed by atoms with Gasteiger partial charge in [0.05, 0.1) is 5.56 Å². The molecule has 5 nitrogen and oxygen atoms in total. The van der Waals surface area contributed by atoms with Crippen LogP contribution < -0.4 is 10.6 Å². The molecule has 0 fully saturated rings. The lowest BCUT2D eigenvalue weighted by Crippen LogP contribution is -2.15. The second-order valence-corrected chi connectivity index (χ2v) is 6.66. The van der Waals surface area contributed by atoms with Gasteiger partial charge in [-0.1, -0.05) is 42.8 Å². The number of benzene rings is 2. The first-order valence-corrected chi connectivity index (χ1v) is 9.11. The van der Waals surface area contributed by atoms with Crippen LogP contribution in [-0.4, -0.2) is 15.9 Å². The minimum Gasteiger partial charge on any atom is -0.324 e. The van der Waals surface area contributed by atoms with Crippen LogP contribution in [-0.2, 0) is 6.42 Å². The number of para-hydroxylation sites is 1. The van der Waals surface area contributed by atoms with Crippen LogP contribution in [0.4, 0.5) is 17.3 Å². The van der Waals surface area contributed by atoms with Crippen molar-refractivity contribution >= 4 is 34.8 Å². The smallest absolute Gasteiger partial charge is 0.258 e. The van der Waals surface area contributed by atoms with Crippen molar-refractivity contribution in [3.63, 3.8) is 0 Å². The van der Waals surface area contributed by atoms with Crippen LogP contribution in [0.25, 0.3) is 0 Å². The molecule has 1 heterocycles. The molecular weight excluding hydrogens is 360 g/mol. The molecule has 0 radical (unpaired) electrons. The van der Waals surface area contributed by atoms with Crippen molar-refractivity contribution in [3.8, 4) is 0 Å². The highest BCUT2D eigenvalue weighted by molar-refractivity contribution is 6.31. The van der Waals surface area contributed by atoms with Gasteiger partial charge in [0.15, 0.2) is 0 Å². The molecule has 0 bridgehead atoms. The molecule has 0 aliphatic rings. The number of hydrogen-bond donors (Lipinski definition) is 2. The minimum atomic E-state index is -0.232. The van der Waals surface area contributed by atoms with Gasteiger partial charge in [-0.05, 0) is 49.1 Å². The van der Waals surface area contributed by atoms with E-state index in [0.29, 0.717) is 16.5 Å². The molecule has 0 saturated heterocycles. The third kappa shape index (κ3) is 4.26. The number of halogens is 1. The van der Waals surface area contributed by atoms with Gasteiger partial charge < -0.3 is 10.6 Å². The number of carbonyl (C=O) groups is 1. The molecule has 2 aromatic carbocycles. The van der Waals surface area contributed by atoms with Crippen LogP contribution in [0, 0.1) is 13.8 Å². The van der Waals surface area contributed by atoms with Crippen LogP contribution in [0.3, 0.4) is 0 Å². The Labute approximate surface area is 163 Å². The van der Waals surface area contributed by atoms with E-state index >= 15 is 0 Å². The van der Waals surface area contributed by atoms with Gasteiger partial charge in [-0.2, -0.15) is 0 Å². The first-order valence-electron chi connectivity index (χ1n) is 8.73. The van der Waals surface area contributed by atoms with Crippen molar-refractivity contribution in [2.45, 2.75) is 27.2 Å². The fourth-order valence-corrected chi connectivity index (χ4v) is 2.94. The normalized spacial score (nSPS) is 10.5. The van der Waals surface area contributed by atoms with Crippen LogP contribution in [0.1, 0.15) is 34.0 Å². The van der Waals surface area contributed by atoms with Crippen molar-refractivity contribution in [2.75, 3.05) is 10.6 Å². The summed E-state index contributed by atoms with van der Waals surface area (Å²) in [5.41, 5.74) is 5.11. The zero-order valence-corrected chi connectivity index (χ0v) is 16.3. The summed E-state index contributed by atoms with van der Waals surface area (Å²) in [6.07, 6.45) is 3.86. The molecule has 1 aromatic heterocycles. The van der Waals surface area contributed by atoms with Crippen molar-refractivity contribution < 1.29 is 4.79 Å². The maximum Gasteiger partial charge on any atom is 0.258 e. The number of aryl methyl sites for hydroxylation is 2. The standard InChI is InChI=1S/C21H21ClN4O/c1-4-15-8-5-7-13(2)19(15)26-20(27)16-11-23-21(24-12-16)25-18-10-6-9-17(22)14(18)3/h5-12H,4H2,1-3H3,(H,26,27)(H,23,24,25). The van der Waals surface area contributed by atoms with Crippen molar-refractivity contribution in [1.82, 2.24) is 9.97 Å². The predicted molar refractivity (Wildman–Crippen MR) is 110 cm³/mol. The van der Waals surface area contributed by atoms with Gasteiger partial charge in [0.1, 0.15) is 0 Å². The molecule has 138 valence electrons. The van der Waals surface area contributed by atoms with Crippen LogP contribution in [0.5, 0.6) is 0 Å². The highest BCUT2D eigenvalue weighted by atomic mass is 35.5. The molecule has 0 aliphatic carbocycles. The molecule has 0 spiro atoms. The van der Waals surface area contributed by atoms with E-state index in [-0.39, 0.29) is 5.91 Å². The number of nitrogens with zero attached hydrogens (tertiary/aromatic N) is 2. The van der Waals surface area contributed by atoms with E-state index in [4.69, 9.17) is 11.6 Å². The van der Waals surface area contributed by atoms with E-state index in [0.717, 1.165) is 34.5 Å². The number of aromatic nitrogens is 2. The summed E-state index contributed by atoms with van der Waals surface area (Å²) in [5, 5.41) is 6.76. The Balaban J connectivity index is 1.76. The summed E-state index contributed by atoms with van der Waals surface area (Å²) in [6.45, 7) is 5.96. The zero-order chi connectivity index (χ0) is 19.4. The van der Waals surface area contributed by atoms with Crippen LogP contribution in [0.15, 0.2) is 48.8 Å². The van der Waals surface area contributed by atoms with Gasteiger partial charge in [-0.25, -0.2) is 9.97 Å². The molecule has 27 heavy (non-hydrogen) atoms. The summed E-state index contributed by atoms with van der Waals surface area (Å²) in [5.74, 6) is 0.173. The summed E-state index contributed by atoms with van der Waals surface area (Å²) in [4.78, 5) is 21.1. The maximum absolute atomic E-state index is 12.6. The number of amides is 1. The quantitative estimate of drug-likeness (QED) is 0.629. The highest BCUT2D eigenvalue weighted by Crippen LogP contribution is 2.25. The molecular formula is C21H21ClN4O. The summed E-state index contributed by atoms with van der Waals surface area (Å²) < 4.78 is 0. The minimum absolute atomic E-state index is 0.232. The Morgan fingerprint density at radius 1 is 1.07 bits per heavy atom. The van der Waals surface area contributed by atoms with Crippen LogP contribution in [0.2, 0.25) is 5.02 Å². The third-order valence-electron chi connectivity index (χ3n) is 4.41. The molecule has 1 amide bonds. The lowest BCUT2D eigenvalue weighted by Gasteiger charge is -2.13. The Bertz CT molecular complexity index is 970. The molecule has 0 atom stereocenters. The number of nitrogens with one attached hydrogen (secondary N) is 2. The predicted octanol–water partition coefficient (Wildman–Crippen LogP) is 5.31. The number of rotatable bonds is 5. The lowest BCUT2D eigenvalue weighted by molar-refractivity contribution is 0.102. The fraction of sp³-hybridized carbons (Fsp3) is 0.190. The first kappa shape index (κ1) is 18.9. The molecule has 3 aromatic rings. The molecule has 0 unspecified atom stereocenters. The second kappa shape index (κ2) is 8.18. The van der Waals surface area contributed by atoms with Gasteiger partial charge in [-0.3, -0.25) is 4.79 Å². The van der Waals surface area contributed by atoms with Gasteiger partial charge in [0.2, 0.25) is 5.95 Å². The fourth-order valence-electron chi connectivity index (χ4n) is 2.76. The third-order valence-corrected chi connectivity index (χ3v) is 4.82. The Kier molecular flexibility index (Phi) is 5.72. The zero-order valence-electron chi connectivity index (χ0n) is 15.5. The number of hydrogen-bond acceptors (Lipinski definition) is 4. The van der Waals surface area contributed by atoms with Crippen molar-refractivity contribution in [1.29, 1.82) is 0 Å². The lowest BCUT2D eigenvalue weighted by atomic mass is 10.1. The SMILES string of the molecule is CCc1cccc(C)c1NC(=O)c1cnc(Nc2cccc(Cl)c2C)nc1. The van der Waals surface area contributed by atoms with E-state index in [1.807, 2.05) is 50.2 Å². The topological polar surface area (TPSA) is 66.9 Å². The summed E-state index contributed by atoms with van der Waals surface area (Å²) >= 11 is 6.13. The Hall–Kier alpha value is -2.92. The van der Waals surface area contributed by atoms with Gasteiger partial charge in [0, 0.05) is 28.8 Å². The largest absolute Gasteiger partial charge is 0.324 e. The van der Waals surface area contributed by atoms with E-state index in [1.165, 1.54) is 12.4 Å². The van der Waals surface area contributed by atoms with Gasteiger partial charge in [-0.15, -0.1) is 0 Å². The molecule has 2 N–H and O–H groups in total. The van der Waals surface area contributed by atoms with Crippen molar-refractivity contribution in [3.05, 3.63) is 76.1 Å². The average molecular weight is 381 g/mol. The summed E-state index contributed by atoms with van der Waals surface area (Å²) in [7, 11) is 0. The Morgan fingerprint density at radius 2 is 1.78 bits per heavy atom. The monoisotopic (exact) mass is 380 g/mol. The number of anilines is 3. The van der Waals surface area contributed by atoms with E-state index in [1.54, 1.807) is 0 Å². The maximum atomic E-state index is 12.6. The Morgan fingerprint density at radius 3 is 2.48 bits per heavy atom. The molecule has 0 aliphatic heterocycles. The van der Waals surface area contributed by atoms with E-state index in [2.05, 4.69) is 27.5 Å². The van der Waals surface area contributed by atoms with Gasteiger partial charge in [0.25, 0.3) is 5.91 Å². The second-order valence-electron chi connectivity index (χ2n) is 6.25. The molecule has 3 rings (SSSR count). The van der Waals surface area contributed by atoms with Crippen LogP contribution >= 0.6 is 11.6 Å². The van der Waals surface area contributed by atoms with E-state index < -0.39 is 0 Å².